The number of carbonyl (C=O) groups is 1. The fraction of sp³-hybridized carbons (Fsp3) is 0.333. The highest BCUT2D eigenvalue weighted by Crippen LogP contribution is 2.17. The van der Waals surface area contributed by atoms with Crippen molar-refractivity contribution in [3.05, 3.63) is 52.8 Å². The molecule has 1 aromatic heterocycles. The first-order chi connectivity index (χ1) is 9.54. The molecule has 0 aliphatic heterocycles. The van der Waals surface area contributed by atoms with Gasteiger partial charge in [-0.2, -0.15) is 5.10 Å². The minimum absolute atomic E-state index is 0.392. The largest absolute Gasteiger partial charge is 0.481 e. The molecule has 0 aliphatic rings. The Morgan fingerprint density at radius 1 is 1.35 bits per heavy atom. The van der Waals surface area contributed by atoms with Crippen LogP contribution in [0.1, 0.15) is 17.5 Å². The second kappa shape index (κ2) is 6.57. The molecule has 2 aromatic rings. The van der Waals surface area contributed by atoms with Gasteiger partial charge < -0.3 is 5.11 Å². The number of carboxylic acid groups (broad SMARTS) is 1. The van der Waals surface area contributed by atoms with E-state index in [1.54, 1.807) is 23.0 Å². The van der Waals surface area contributed by atoms with Crippen molar-refractivity contribution in [2.45, 2.75) is 19.3 Å². The molecule has 1 atom stereocenters. The van der Waals surface area contributed by atoms with Gasteiger partial charge in [-0.3, -0.25) is 9.48 Å². The molecule has 0 fully saturated rings. The number of benzene rings is 1. The molecule has 20 heavy (non-hydrogen) atoms. The molecule has 0 radical (unpaired) electrons. The Morgan fingerprint density at radius 2 is 2.05 bits per heavy atom. The van der Waals surface area contributed by atoms with Gasteiger partial charge in [-0.25, -0.2) is 0 Å². The first-order valence-electron chi connectivity index (χ1n) is 6.49. The predicted molar refractivity (Wildman–Crippen MR) is 77.8 cm³/mol. The second-order valence-electron chi connectivity index (χ2n) is 4.93. The van der Waals surface area contributed by atoms with Gasteiger partial charge in [0.25, 0.3) is 0 Å². The summed E-state index contributed by atoms with van der Waals surface area (Å²) >= 11 is 5.83. The monoisotopic (exact) mass is 292 g/mol. The van der Waals surface area contributed by atoms with Gasteiger partial charge >= 0.3 is 5.97 Å². The summed E-state index contributed by atoms with van der Waals surface area (Å²) in [5.41, 5.74) is 2.06. The Hall–Kier alpha value is -1.81. The van der Waals surface area contributed by atoms with Gasteiger partial charge in [0.2, 0.25) is 0 Å². The average molecular weight is 293 g/mol. The van der Waals surface area contributed by atoms with Crippen LogP contribution in [0.4, 0.5) is 0 Å². The zero-order valence-corrected chi connectivity index (χ0v) is 12.0. The number of hydrogen-bond donors (Lipinski definition) is 1. The van der Waals surface area contributed by atoms with E-state index >= 15 is 0 Å². The van der Waals surface area contributed by atoms with Crippen LogP contribution in [0.2, 0.25) is 5.02 Å². The van der Waals surface area contributed by atoms with Crippen LogP contribution in [0.3, 0.4) is 0 Å². The molecule has 0 bridgehead atoms. The van der Waals surface area contributed by atoms with Gasteiger partial charge in [0, 0.05) is 18.3 Å². The minimum Gasteiger partial charge on any atom is -0.481 e. The van der Waals surface area contributed by atoms with E-state index in [1.807, 2.05) is 25.4 Å². The van der Waals surface area contributed by atoms with Crippen LogP contribution >= 0.6 is 11.6 Å². The Kier molecular flexibility index (Phi) is 4.79. The van der Waals surface area contributed by atoms with Crippen molar-refractivity contribution in [3.63, 3.8) is 0 Å². The third-order valence-electron chi connectivity index (χ3n) is 3.28. The SMILES string of the molecule is Cn1cc(CCC(Cc2ccc(Cl)cc2)C(=O)O)cn1. The second-order valence-corrected chi connectivity index (χ2v) is 5.36. The molecule has 5 heteroatoms. The van der Waals surface area contributed by atoms with Crippen molar-refractivity contribution in [3.8, 4) is 0 Å². The zero-order valence-electron chi connectivity index (χ0n) is 11.3. The van der Waals surface area contributed by atoms with Crippen molar-refractivity contribution in [2.75, 3.05) is 0 Å². The zero-order chi connectivity index (χ0) is 14.5. The highest BCUT2D eigenvalue weighted by molar-refractivity contribution is 6.30. The Morgan fingerprint density at radius 3 is 2.60 bits per heavy atom. The van der Waals surface area contributed by atoms with Crippen LogP contribution in [0.5, 0.6) is 0 Å². The molecule has 0 saturated carbocycles. The van der Waals surface area contributed by atoms with Crippen molar-refractivity contribution in [2.24, 2.45) is 13.0 Å². The number of hydrogen-bond acceptors (Lipinski definition) is 2. The van der Waals surface area contributed by atoms with Crippen molar-refractivity contribution >= 4 is 17.6 Å². The Labute approximate surface area is 123 Å². The molecule has 1 heterocycles. The fourth-order valence-electron chi connectivity index (χ4n) is 2.16. The van der Waals surface area contributed by atoms with E-state index in [0.717, 1.165) is 17.5 Å². The van der Waals surface area contributed by atoms with Crippen LogP contribution in [0.25, 0.3) is 0 Å². The lowest BCUT2D eigenvalue weighted by atomic mass is 9.94. The third-order valence-corrected chi connectivity index (χ3v) is 3.54. The van der Waals surface area contributed by atoms with Gasteiger partial charge in [0.1, 0.15) is 0 Å². The highest BCUT2D eigenvalue weighted by atomic mass is 35.5. The molecule has 1 N–H and O–H groups in total. The number of rotatable bonds is 6. The van der Waals surface area contributed by atoms with Gasteiger partial charge in [-0.1, -0.05) is 23.7 Å². The average Bonchev–Trinajstić information content (AvgIpc) is 2.82. The molecule has 2 rings (SSSR count). The molecule has 1 unspecified atom stereocenters. The number of halogens is 1. The first-order valence-corrected chi connectivity index (χ1v) is 6.87. The maximum absolute atomic E-state index is 11.4. The summed E-state index contributed by atoms with van der Waals surface area (Å²) in [5.74, 6) is -1.15. The van der Waals surface area contributed by atoms with Crippen molar-refractivity contribution in [1.29, 1.82) is 0 Å². The summed E-state index contributed by atoms with van der Waals surface area (Å²) in [6.45, 7) is 0. The van der Waals surface area contributed by atoms with E-state index in [1.165, 1.54) is 0 Å². The summed E-state index contributed by atoms with van der Waals surface area (Å²) in [6.07, 6.45) is 5.54. The molecule has 1 aromatic carbocycles. The molecule has 0 aliphatic carbocycles. The highest BCUT2D eigenvalue weighted by Gasteiger charge is 2.18. The minimum atomic E-state index is -0.760. The lowest BCUT2D eigenvalue weighted by Gasteiger charge is -2.11. The van der Waals surface area contributed by atoms with Crippen LogP contribution in [-0.4, -0.2) is 20.9 Å². The lowest BCUT2D eigenvalue weighted by molar-refractivity contribution is -0.141. The van der Waals surface area contributed by atoms with Crippen molar-refractivity contribution in [1.82, 2.24) is 9.78 Å². The quantitative estimate of drug-likeness (QED) is 0.890. The van der Waals surface area contributed by atoms with E-state index in [-0.39, 0.29) is 0 Å². The van der Waals surface area contributed by atoms with Gasteiger partial charge in [-0.15, -0.1) is 0 Å². The summed E-state index contributed by atoms with van der Waals surface area (Å²) in [6, 6.07) is 7.33. The summed E-state index contributed by atoms with van der Waals surface area (Å²) in [4.78, 5) is 11.4. The Bertz CT molecular complexity index is 578. The number of nitrogens with zero attached hydrogens (tertiary/aromatic N) is 2. The van der Waals surface area contributed by atoms with E-state index in [9.17, 15) is 9.90 Å². The summed E-state index contributed by atoms with van der Waals surface area (Å²) < 4.78 is 1.73. The molecular formula is C15H17ClN2O2. The summed E-state index contributed by atoms with van der Waals surface area (Å²) in [5, 5.41) is 14.1. The Balaban J connectivity index is 1.96. The number of aliphatic carboxylic acids is 1. The molecule has 106 valence electrons. The van der Waals surface area contributed by atoms with Gasteiger partial charge in [-0.05, 0) is 42.5 Å². The lowest BCUT2D eigenvalue weighted by Crippen LogP contribution is -2.17. The number of carboxylic acids is 1. The van der Waals surface area contributed by atoms with Crippen LogP contribution < -0.4 is 0 Å². The van der Waals surface area contributed by atoms with Crippen LogP contribution in [-0.2, 0) is 24.7 Å². The molecule has 0 saturated heterocycles. The third kappa shape index (κ3) is 4.10. The van der Waals surface area contributed by atoms with Gasteiger partial charge in [0.15, 0.2) is 0 Å². The fourth-order valence-corrected chi connectivity index (χ4v) is 2.29. The van der Waals surface area contributed by atoms with Crippen LogP contribution in [0, 0.1) is 5.92 Å². The number of aromatic nitrogens is 2. The molecule has 0 amide bonds. The van der Waals surface area contributed by atoms with E-state index in [2.05, 4.69) is 5.10 Å². The van der Waals surface area contributed by atoms with Crippen molar-refractivity contribution < 1.29 is 9.90 Å². The van der Waals surface area contributed by atoms with E-state index in [4.69, 9.17) is 11.6 Å². The van der Waals surface area contributed by atoms with E-state index in [0.29, 0.717) is 17.9 Å². The standard InChI is InChI=1S/C15H17ClN2O2/c1-18-10-12(9-17-18)2-5-13(15(19)20)8-11-3-6-14(16)7-4-11/h3-4,6-7,9-10,13H,2,5,8H2,1H3,(H,19,20). The topological polar surface area (TPSA) is 55.1 Å². The maximum Gasteiger partial charge on any atom is 0.306 e. The number of aryl methyl sites for hydroxylation is 2. The molecule has 0 spiro atoms. The molecular weight excluding hydrogens is 276 g/mol. The van der Waals surface area contributed by atoms with E-state index < -0.39 is 11.9 Å². The van der Waals surface area contributed by atoms with Crippen LogP contribution in [0.15, 0.2) is 36.7 Å². The predicted octanol–water partition coefficient (Wildman–Crippen LogP) is 2.95. The smallest absolute Gasteiger partial charge is 0.306 e. The maximum atomic E-state index is 11.4. The normalized spacial score (nSPS) is 12.3. The first kappa shape index (κ1) is 14.6. The molecule has 4 nitrogen and oxygen atoms in total. The summed E-state index contributed by atoms with van der Waals surface area (Å²) in [7, 11) is 1.85. The van der Waals surface area contributed by atoms with Gasteiger partial charge in [0.05, 0.1) is 12.1 Å².